The molecule has 0 unspecified atom stereocenters. The zero-order chi connectivity index (χ0) is 15.1. The van der Waals surface area contributed by atoms with Gasteiger partial charge in [0.05, 0.1) is 0 Å². The second-order valence-corrected chi connectivity index (χ2v) is 12.8. The molecule has 0 radical (unpaired) electrons. The third-order valence-corrected chi connectivity index (χ3v) is 3.56. The average molecular weight is 380 g/mol. The Balaban J connectivity index is 0.000000361. The number of halogens is 3. The van der Waals surface area contributed by atoms with E-state index in [1.54, 1.807) is 0 Å². The third-order valence-electron chi connectivity index (χ3n) is 3.56. The Morgan fingerprint density at radius 3 is 2.48 bits per heavy atom. The van der Waals surface area contributed by atoms with Gasteiger partial charge in [0.2, 0.25) is 0 Å². The minimum absolute atomic E-state index is 0.527. The molecule has 21 heavy (non-hydrogen) atoms. The van der Waals surface area contributed by atoms with Gasteiger partial charge in [-0.3, -0.25) is 4.99 Å². The van der Waals surface area contributed by atoms with Crippen molar-refractivity contribution in [2.75, 3.05) is 0 Å². The molecule has 0 atom stereocenters. The van der Waals surface area contributed by atoms with Gasteiger partial charge in [0.25, 0.3) is 0 Å². The van der Waals surface area contributed by atoms with Crippen molar-refractivity contribution in [1.82, 2.24) is 4.98 Å². The van der Waals surface area contributed by atoms with Crippen LogP contribution in [0.3, 0.4) is 0 Å². The van der Waals surface area contributed by atoms with Crippen LogP contribution >= 0.6 is 27.9 Å². The van der Waals surface area contributed by atoms with E-state index in [2.05, 4.69) is 28.2 Å². The summed E-state index contributed by atoms with van der Waals surface area (Å²) in [5.74, 6) is 0. The summed E-state index contributed by atoms with van der Waals surface area (Å²) in [4.78, 5) is 9.12. The molecule has 0 amide bonds. The van der Waals surface area contributed by atoms with Crippen LogP contribution in [0.4, 0.5) is 0 Å². The van der Waals surface area contributed by atoms with Crippen molar-refractivity contribution in [2.45, 2.75) is 38.1 Å². The fraction of sp³-hybridized carbons (Fsp3) is 0.400. The Kier molecular flexibility index (Phi) is 7.63. The second kappa shape index (κ2) is 9.22. The standard InChI is InChI=1S/C15H17N2.3ClH.Ti/c1-2-7-13(8-3-1)16-11-15-14-9-5-4-6-12(14)10-17-15;;;;/h4-6,9-11,13H,1-3,7-8H2;3*1H;/q-1;;;;+4/p-3. The molecular formula is C15H17Cl3N2Ti. The van der Waals surface area contributed by atoms with Crippen LogP contribution in [-0.4, -0.2) is 12.3 Å². The second-order valence-electron chi connectivity index (χ2n) is 5.01. The Morgan fingerprint density at radius 2 is 1.76 bits per heavy atom. The number of nitrogens with zero attached hydrogens (tertiary/aromatic N) is 2. The molecular weight excluding hydrogens is 362 g/mol. The van der Waals surface area contributed by atoms with Crippen LogP contribution in [0.15, 0.2) is 35.5 Å². The van der Waals surface area contributed by atoms with E-state index in [1.165, 1.54) is 42.9 Å². The zero-order valence-electron chi connectivity index (χ0n) is 11.6. The van der Waals surface area contributed by atoms with Crippen LogP contribution in [0.25, 0.3) is 10.8 Å². The predicted octanol–water partition coefficient (Wildman–Crippen LogP) is 5.61. The van der Waals surface area contributed by atoms with Gasteiger partial charge in [-0.2, -0.15) is 6.20 Å². The predicted molar refractivity (Wildman–Crippen MR) is 89.3 cm³/mol. The van der Waals surface area contributed by atoms with E-state index in [-0.39, 0.29) is 0 Å². The first-order valence-electron chi connectivity index (χ1n) is 7.04. The number of aliphatic imine (C=N–C) groups is 1. The van der Waals surface area contributed by atoms with Gasteiger partial charge in [-0.25, -0.2) is 0 Å². The van der Waals surface area contributed by atoms with Crippen LogP contribution in [0.5, 0.6) is 0 Å². The normalized spacial score (nSPS) is 16.0. The van der Waals surface area contributed by atoms with Crippen molar-refractivity contribution < 1.29 is 14.7 Å². The molecule has 1 fully saturated rings. The number of hydrogen-bond donors (Lipinski definition) is 0. The first kappa shape index (κ1) is 17.4. The summed E-state index contributed by atoms with van der Waals surface area (Å²) in [6.45, 7) is 0. The summed E-state index contributed by atoms with van der Waals surface area (Å²) in [6.07, 6.45) is 10.4. The van der Waals surface area contributed by atoms with Gasteiger partial charge in [0, 0.05) is 12.3 Å². The first-order chi connectivity index (χ1) is 10.2. The SMILES string of the molecule is C(=NC1CCCCC1)c1[n-]cc2ccccc12.[Cl][Ti+]([Cl])[Cl]. The van der Waals surface area contributed by atoms with Gasteiger partial charge >= 0.3 is 42.6 Å². The number of aromatic nitrogens is 1. The number of benzene rings is 1. The number of rotatable bonds is 2. The van der Waals surface area contributed by atoms with Crippen LogP contribution in [0, 0.1) is 0 Å². The van der Waals surface area contributed by atoms with E-state index in [0.717, 1.165) is 5.69 Å². The van der Waals surface area contributed by atoms with Crippen molar-refractivity contribution in [2.24, 2.45) is 4.99 Å². The van der Waals surface area contributed by atoms with Crippen molar-refractivity contribution in [3.63, 3.8) is 0 Å². The fourth-order valence-corrected chi connectivity index (χ4v) is 2.56. The first-order valence-corrected chi connectivity index (χ1v) is 13.5. The van der Waals surface area contributed by atoms with Crippen molar-refractivity contribution in [3.8, 4) is 0 Å². The quantitative estimate of drug-likeness (QED) is 0.492. The van der Waals surface area contributed by atoms with Crippen LogP contribution < -0.4 is 4.98 Å². The molecule has 6 heteroatoms. The van der Waals surface area contributed by atoms with Gasteiger partial charge < -0.3 is 4.98 Å². The molecule has 0 spiro atoms. The third kappa shape index (κ3) is 5.96. The molecule has 1 aliphatic rings. The van der Waals surface area contributed by atoms with Gasteiger partial charge in [-0.1, -0.05) is 43.5 Å². The van der Waals surface area contributed by atoms with Crippen LogP contribution in [-0.2, 0) is 14.7 Å². The summed E-state index contributed by atoms with van der Waals surface area (Å²) < 4.78 is 0. The van der Waals surface area contributed by atoms with Crippen molar-refractivity contribution in [1.29, 1.82) is 0 Å². The van der Waals surface area contributed by atoms with Crippen molar-refractivity contribution in [3.05, 3.63) is 36.2 Å². The molecule has 2 aromatic rings. The molecule has 1 heterocycles. The molecule has 1 aromatic carbocycles. The molecule has 3 rings (SSSR count). The number of hydrogen-bond acceptors (Lipinski definition) is 1. The zero-order valence-corrected chi connectivity index (χ0v) is 15.4. The Bertz CT molecular complexity index is 574. The molecule has 1 aliphatic carbocycles. The molecule has 112 valence electrons. The van der Waals surface area contributed by atoms with Gasteiger partial charge in [-0.05, 0) is 23.6 Å². The minimum atomic E-state index is -1.92. The van der Waals surface area contributed by atoms with Crippen LogP contribution in [0.2, 0.25) is 0 Å². The molecule has 1 aromatic heterocycles. The molecule has 2 nitrogen and oxygen atoms in total. The molecule has 0 aliphatic heterocycles. The summed E-state index contributed by atoms with van der Waals surface area (Å²) in [5.41, 5.74) is 1.02. The average Bonchev–Trinajstić information content (AvgIpc) is 2.89. The van der Waals surface area contributed by atoms with Gasteiger partial charge in [0.1, 0.15) is 0 Å². The van der Waals surface area contributed by atoms with E-state index in [4.69, 9.17) is 27.9 Å². The monoisotopic (exact) mass is 378 g/mol. The number of fused-ring (bicyclic) bond motifs is 1. The molecule has 0 saturated heterocycles. The van der Waals surface area contributed by atoms with E-state index in [1.807, 2.05) is 18.5 Å². The maximum atomic E-state index is 4.97. The Hall–Kier alpha value is 0.0143. The van der Waals surface area contributed by atoms with E-state index in [0.29, 0.717) is 6.04 Å². The van der Waals surface area contributed by atoms with Crippen molar-refractivity contribution >= 4 is 44.9 Å². The summed E-state index contributed by atoms with van der Waals surface area (Å²) in [5, 5.41) is 2.42. The summed E-state index contributed by atoms with van der Waals surface area (Å²) in [6, 6.07) is 8.85. The Labute approximate surface area is 143 Å². The molecule has 0 N–H and O–H groups in total. The van der Waals surface area contributed by atoms with E-state index in [9.17, 15) is 0 Å². The van der Waals surface area contributed by atoms with E-state index >= 15 is 0 Å². The maximum absolute atomic E-state index is 4.97. The van der Waals surface area contributed by atoms with Crippen LogP contribution in [0.1, 0.15) is 37.8 Å². The van der Waals surface area contributed by atoms with Gasteiger partial charge in [0.15, 0.2) is 0 Å². The summed E-state index contributed by atoms with van der Waals surface area (Å²) in [7, 11) is 14.9. The molecule has 0 bridgehead atoms. The van der Waals surface area contributed by atoms with E-state index < -0.39 is 14.7 Å². The topological polar surface area (TPSA) is 26.5 Å². The summed E-state index contributed by atoms with van der Waals surface area (Å²) >= 11 is -1.92. The Morgan fingerprint density at radius 1 is 1.10 bits per heavy atom. The molecule has 1 saturated carbocycles. The fourth-order valence-electron chi connectivity index (χ4n) is 2.56. The van der Waals surface area contributed by atoms with Gasteiger partial charge in [-0.15, -0.1) is 5.69 Å².